The number of hydrogen-bond acceptors (Lipinski definition) is 4. The lowest BCUT2D eigenvalue weighted by Crippen LogP contribution is -2.01. The number of carbonyl (C=O) groups excluding carboxylic acids is 1. The van der Waals surface area contributed by atoms with Gasteiger partial charge >= 0.3 is 5.97 Å². The molecular weight excluding hydrogens is 208 g/mol. The molecule has 0 amide bonds. The van der Waals surface area contributed by atoms with Crippen molar-refractivity contribution in [1.82, 2.24) is 0 Å². The Hall–Kier alpha value is -1.97. The van der Waals surface area contributed by atoms with Crippen molar-refractivity contribution >= 4 is 12.0 Å². The van der Waals surface area contributed by atoms with Gasteiger partial charge in [-0.1, -0.05) is 0 Å². The van der Waals surface area contributed by atoms with Gasteiger partial charge in [-0.05, 0) is 24.3 Å². The van der Waals surface area contributed by atoms with E-state index in [0.717, 1.165) is 5.56 Å². The van der Waals surface area contributed by atoms with Crippen LogP contribution in [0.25, 0.3) is 6.08 Å². The summed E-state index contributed by atoms with van der Waals surface area (Å²) < 4.78 is 14.6. The Bertz CT molecular complexity index is 396. The first kappa shape index (κ1) is 12.1. The van der Waals surface area contributed by atoms with E-state index in [1.165, 1.54) is 13.4 Å². The summed E-state index contributed by atoms with van der Waals surface area (Å²) >= 11 is 0. The van der Waals surface area contributed by atoms with E-state index in [1.807, 2.05) is 0 Å². The lowest BCUT2D eigenvalue weighted by atomic mass is 10.1. The van der Waals surface area contributed by atoms with E-state index in [0.29, 0.717) is 11.3 Å². The number of benzene rings is 1. The maximum Gasteiger partial charge on any atom is 0.337 e. The summed E-state index contributed by atoms with van der Waals surface area (Å²) in [4.78, 5) is 11.3. The molecule has 0 atom stereocenters. The van der Waals surface area contributed by atoms with E-state index in [9.17, 15) is 4.79 Å². The second-order valence-electron chi connectivity index (χ2n) is 2.99. The lowest BCUT2D eigenvalue weighted by Gasteiger charge is -2.06. The van der Waals surface area contributed by atoms with E-state index >= 15 is 0 Å². The summed E-state index contributed by atoms with van der Waals surface area (Å²) in [6.07, 6.45) is 3.23. The first-order valence-corrected chi connectivity index (χ1v) is 4.68. The number of hydrogen-bond donors (Lipinski definition) is 0. The molecule has 0 radical (unpaired) electrons. The Balaban J connectivity index is 3.10. The second kappa shape index (κ2) is 5.80. The highest BCUT2D eigenvalue weighted by Crippen LogP contribution is 2.21. The highest BCUT2D eigenvalue weighted by Gasteiger charge is 2.08. The molecule has 4 heteroatoms. The molecule has 0 heterocycles. The predicted molar refractivity (Wildman–Crippen MR) is 60.4 cm³/mol. The third kappa shape index (κ3) is 2.76. The van der Waals surface area contributed by atoms with Gasteiger partial charge in [-0.3, -0.25) is 0 Å². The van der Waals surface area contributed by atoms with Crippen LogP contribution in [0.2, 0.25) is 0 Å². The summed E-state index contributed by atoms with van der Waals surface area (Å²) in [5.41, 5.74) is 1.23. The fourth-order valence-corrected chi connectivity index (χ4v) is 1.25. The van der Waals surface area contributed by atoms with Gasteiger partial charge in [-0.25, -0.2) is 4.79 Å². The molecule has 1 aromatic carbocycles. The molecule has 0 N–H and O–H groups in total. The highest BCUT2D eigenvalue weighted by molar-refractivity contribution is 5.90. The molecule has 86 valence electrons. The van der Waals surface area contributed by atoms with Crippen molar-refractivity contribution in [1.29, 1.82) is 0 Å². The Morgan fingerprint density at radius 3 is 2.56 bits per heavy atom. The monoisotopic (exact) mass is 222 g/mol. The number of carbonyl (C=O) groups is 1. The van der Waals surface area contributed by atoms with E-state index in [1.54, 1.807) is 38.5 Å². The fraction of sp³-hybridized carbons (Fsp3) is 0.250. The zero-order valence-electron chi connectivity index (χ0n) is 9.52. The Labute approximate surface area is 94.4 Å². The smallest absolute Gasteiger partial charge is 0.337 e. The Morgan fingerprint density at radius 1 is 1.25 bits per heavy atom. The quantitative estimate of drug-likeness (QED) is 0.578. The molecule has 0 spiro atoms. The number of rotatable bonds is 4. The largest absolute Gasteiger partial charge is 0.504 e. The number of esters is 1. The minimum Gasteiger partial charge on any atom is -0.504 e. The maximum atomic E-state index is 11.3. The number of methoxy groups -OCH3 is 3. The van der Waals surface area contributed by atoms with Crippen LogP contribution < -0.4 is 4.74 Å². The van der Waals surface area contributed by atoms with Crippen molar-refractivity contribution < 1.29 is 19.0 Å². The van der Waals surface area contributed by atoms with Gasteiger partial charge in [-0.15, -0.1) is 0 Å². The van der Waals surface area contributed by atoms with E-state index in [4.69, 9.17) is 9.47 Å². The summed E-state index contributed by atoms with van der Waals surface area (Å²) in [6, 6.07) is 5.04. The molecule has 0 bridgehead atoms. The second-order valence-corrected chi connectivity index (χ2v) is 2.99. The average molecular weight is 222 g/mol. The average Bonchev–Trinajstić information content (AvgIpc) is 2.34. The van der Waals surface area contributed by atoms with Crippen LogP contribution in [-0.4, -0.2) is 27.3 Å². The topological polar surface area (TPSA) is 44.8 Å². The Kier molecular flexibility index (Phi) is 4.39. The van der Waals surface area contributed by atoms with E-state index in [2.05, 4.69) is 4.74 Å². The summed E-state index contributed by atoms with van der Waals surface area (Å²) in [5.74, 6) is 0.288. The van der Waals surface area contributed by atoms with Crippen LogP contribution in [0.3, 0.4) is 0 Å². The molecule has 0 aliphatic carbocycles. The van der Waals surface area contributed by atoms with Crippen LogP contribution in [0.4, 0.5) is 0 Å². The summed E-state index contributed by atoms with van der Waals surface area (Å²) in [5, 5.41) is 0. The van der Waals surface area contributed by atoms with Gasteiger partial charge in [0.25, 0.3) is 0 Å². The van der Waals surface area contributed by atoms with Crippen LogP contribution in [0.15, 0.2) is 24.5 Å². The molecule has 0 fully saturated rings. The molecule has 0 saturated heterocycles. The number of ether oxygens (including phenoxy) is 3. The molecule has 16 heavy (non-hydrogen) atoms. The third-order valence-electron chi connectivity index (χ3n) is 2.03. The lowest BCUT2D eigenvalue weighted by molar-refractivity contribution is 0.0600. The molecule has 1 aromatic rings. The van der Waals surface area contributed by atoms with Crippen molar-refractivity contribution in [2.24, 2.45) is 0 Å². The van der Waals surface area contributed by atoms with Gasteiger partial charge in [0.2, 0.25) is 0 Å². The highest BCUT2D eigenvalue weighted by atomic mass is 16.5. The van der Waals surface area contributed by atoms with Gasteiger partial charge in [0.1, 0.15) is 5.75 Å². The van der Waals surface area contributed by atoms with Crippen molar-refractivity contribution in [3.63, 3.8) is 0 Å². The molecule has 4 nitrogen and oxygen atoms in total. The molecule has 0 aromatic heterocycles. The van der Waals surface area contributed by atoms with E-state index in [-0.39, 0.29) is 5.97 Å². The van der Waals surface area contributed by atoms with Gasteiger partial charge in [0.15, 0.2) is 0 Å². The van der Waals surface area contributed by atoms with Gasteiger partial charge < -0.3 is 14.2 Å². The minimum absolute atomic E-state index is 0.380. The standard InChI is InChI=1S/C12H14O4/c1-14-7-6-9-8-10(12(13)16-3)4-5-11(9)15-2/h4-8H,1-3H3/b7-6+. The van der Waals surface area contributed by atoms with Gasteiger partial charge in [0.05, 0.1) is 33.2 Å². The van der Waals surface area contributed by atoms with Crippen LogP contribution in [0.5, 0.6) is 5.75 Å². The molecule has 0 unspecified atom stereocenters. The molecular formula is C12H14O4. The van der Waals surface area contributed by atoms with Crippen LogP contribution in [0, 0.1) is 0 Å². The van der Waals surface area contributed by atoms with Crippen molar-refractivity contribution in [2.45, 2.75) is 0 Å². The minimum atomic E-state index is -0.380. The summed E-state index contributed by atoms with van der Waals surface area (Å²) in [6.45, 7) is 0. The maximum absolute atomic E-state index is 11.3. The van der Waals surface area contributed by atoms with Crippen LogP contribution in [-0.2, 0) is 9.47 Å². The van der Waals surface area contributed by atoms with Crippen LogP contribution >= 0.6 is 0 Å². The van der Waals surface area contributed by atoms with Crippen LogP contribution in [0.1, 0.15) is 15.9 Å². The first-order chi connectivity index (χ1) is 7.72. The summed E-state index contributed by atoms with van der Waals surface area (Å²) in [7, 11) is 4.46. The fourth-order valence-electron chi connectivity index (χ4n) is 1.25. The first-order valence-electron chi connectivity index (χ1n) is 4.68. The molecule has 0 aliphatic heterocycles. The van der Waals surface area contributed by atoms with Crippen molar-refractivity contribution in [2.75, 3.05) is 21.3 Å². The normalized spacial score (nSPS) is 10.2. The molecule has 1 rings (SSSR count). The Morgan fingerprint density at radius 2 is 2.00 bits per heavy atom. The third-order valence-corrected chi connectivity index (χ3v) is 2.03. The zero-order chi connectivity index (χ0) is 12.0. The van der Waals surface area contributed by atoms with Crippen molar-refractivity contribution in [3.05, 3.63) is 35.6 Å². The van der Waals surface area contributed by atoms with Crippen molar-refractivity contribution in [3.8, 4) is 5.75 Å². The molecule has 0 saturated carbocycles. The molecule has 0 aliphatic rings. The SMILES string of the molecule is CO/C=C/c1cc(C(=O)OC)ccc1OC. The van der Waals surface area contributed by atoms with E-state index < -0.39 is 0 Å². The predicted octanol–water partition coefficient (Wildman–Crippen LogP) is 2.10. The van der Waals surface area contributed by atoms with Gasteiger partial charge in [-0.2, -0.15) is 0 Å². The van der Waals surface area contributed by atoms with Gasteiger partial charge in [0, 0.05) is 5.56 Å². The zero-order valence-corrected chi connectivity index (χ0v) is 9.52.